The first-order chi connectivity index (χ1) is 45.6. The lowest BCUT2D eigenvalue weighted by molar-refractivity contribution is -0.170. The maximum atomic E-state index is 13.0. The Hall–Kier alpha value is -6.91. The minimum absolute atomic E-state index is 0.0146. The van der Waals surface area contributed by atoms with Crippen LogP contribution in [0, 0.1) is 50.7 Å². The van der Waals surface area contributed by atoms with Gasteiger partial charge in [0.25, 0.3) is 0 Å². The largest absolute Gasteiger partial charge is 0.743 e. The zero-order valence-electron chi connectivity index (χ0n) is 58.2. The highest BCUT2D eigenvalue weighted by atomic mass is 32.2. The first-order valence-electron chi connectivity index (χ1n) is 33.6. The summed E-state index contributed by atoms with van der Waals surface area (Å²) in [6.45, 7) is 23.4. The summed E-state index contributed by atoms with van der Waals surface area (Å²) in [6, 6.07) is 45.5. The van der Waals surface area contributed by atoms with Gasteiger partial charge in [-0.25, -0.2) is 8.42 Å². The second-order valence-corrected chi connectivity index (χ2v) is 32.3. The molecular weight excluding hydrogens is 1290 g/mol. The van der Waals surface area contributed by atoms with Crippen LogP contribution in [0.3, 0.4) is 0 Å². The van der Waals surface area contributed by atoms with Gasteiger partial charge in [-0.05, 0) is 241 Å². The van der Waals surface area contributed by atoms with E-state index in [2.05, 4.69) is 95.7 Å². The van der Waals surface area contributed by atoms with Crippen molar-refractivity contribution in [3.8, 4) is 23.0 Å². The summed E-state index contributed by atoms with van der Waals surface area (Å²) in [4.78, 5) is 62.9. The Morgan fingerprint density at radius 2 is 0.979 bits per heavy atom. The van der Waals surface area contributed by atoms with E-state index in [-0.39, 0.29) is 65.4 Å². The number of hydrogen-bond donors (Lipinski definition) is 1. The summed E-state index contributed by atoms with van der Waals surface area (Å²) in [5.74, 6) is 2.71. The third-order valence-electron chi connectivity index (χ3n) is 19.8. The normalized spacial score (nSPS) is 23.1. The first-order valence-corrected chi connectivity index (χ1v) is 36.3. The van der Waals surface area contributed by atoms with Gasteiger partial charge in [-0.1, -0.05) is 82.3 Å². The molecule has 6 unspecified atom stereocenters. The molecule has 6 bridgehead atoms. The van der Waals surface area contributed by atoms with Crippen LogP contribution in [-0.2, 0) is 68.7 Å². The lowest BCUT2D eigenvalue weighted by Gasteiger charge is -2.56. The summed E-state index contributed by atoms with van der Waals surface area (Å²) in [5, 5.41) is 4.42. The summed E-state index contributed by atoms with van der Waals surface area (Å²) in [6.07, 6.45) is 8.06. The molecular formula is C76H98F2O17S2. The molecule has 21 heteroatoms. The molecule has 3 heterocycles. The van der Waals surface area contributed by atoms with Crippen LogP contribution in [0.1, 0.15) is 161 Å². The van der Waals surface area contributed by atoms with E-state index in [0.29, 0.717) is 43.1 Å². The fourth-order valence-corrected chi connectivity index (χ4v) is 14.9. The molecule has 4 aliphatic carbocycles. The Labute approximate surface area is 574 Å². The van der Waals surface area contributed by atoms with Gasteiger partial charge >= 0.3 is 35.1 Å². The van der Waals surface area contributed by atoms with Crippen LogP contribution in [0.15, 0.2) is 154 Å². The van der Waals surface area contributed by atoms with Crippen molar-refractivity contribution in [2.24, 2.45) is 50.7 Å². The van der Waals surface area contributed by atoms with Crippen molar-refractivity contribution >= 4 is 50.9 Å². The number of phenolic OH excluding ortho intramolecular Hbond substituents is 1. The third kappa shape index (κ3) is 20.2. The van der Waals surface area contributed by atoms with Crippen LogP contribution in [0.4, 0.5) is 8.78 Å². The quantitative estimate of drug-likeness (QED) is 0.0129. The van der Waals surface area contributed by atoms with Crippen LogP contribution in [0.2, 0.25) is 0 Å². The smallest absolute Gasteiger partial charge is 0.369 e. The van der Waals surface area contributed by atoms with Gasteiger partial charge in [-0.15, -0.1) is 0 Å². The lowest BCUT2D eigenvalue weighted by Crippen LogP contribution is -2.48. The standard InChI is InChI=1S/C24H34O4.C18H15S.C13H18O5.C12H16O3.C9H16F2O5S/c1-4-23(2,3)22(25)28-21-7-5-20(6-8-21)27-16-26-15-24-12-17-9-18(13-24)11-19(10-17)14-24;1-4-10-16(11-5-1)19(17-12-6-2-7-13-17)18-14-8-3-9-15-18;1-4-13(2,3)12(15)18-9-7-5-6-8(16-7)10(9)17-11(6)14;1-4-12(2,3)11(14)15-10-7-5-9(13)6-8-10;1-5-8(3,4)7(12)16-6(2)9(10,11)17(13,14)15/h5-8,17-19H,4,9-16H2,1-3H3;1-15H;6-10H,4-5H2,1-3H3;5-8,13H,4H2,1-3H3;6H,5H2,1-4H3,(H,13,14,15)/q;+1;;;/p-1. The van der Waals surface area contributed by atoms with E-state index >= 15 is 0 Å². The van der Waals surface area contributed by atoms with Crippen LogP contribution >= 0.6 is 0 Å². The van der Waals surface area contributed by atoms with E-state index < -0.39 is 61.3 Å². The molecule has 6 atom stereocenters. The van der Waals surface area contributed by atoms with Gasteiger partial charge in [-0.2, -0.15) is 8.78 Å². The Bertz CT molecular complexity index is 3380. The zero-order valence-corrected chi connectivity index (χ0v) is 59.9. The van der Waals surface area contributed by atoms with Gasteiger partial charge in [0, 0.05) is 0 Å². The number of hydrogen-bond acceptors (Lipinski definition) is 17. The van der Waals surface area contributed by atoms with Crippen molar-refractivity contribution in [2.75, 3.05) is 13.4 Å². The number of rotatable bonds is 22. The molecule has 12 rings (SSSR count). The maximum Gasteiger partial charge on any atom is 0.369 e. The van der Waals surface area contributed by atoms with Gasteiger partial charge in [0.2, 0.25) is 0 Å². The fraction of sp³-hybridized carbons (Fsp3) is 0.539. The number of esters is 5. The third-order valence-corrected chi connectivity index (χ3v) is 23.0. The van der Waals surface area contributed by atoms with Gasteiger partial charge in [-0.3, -0.25) is 24.0 Å². The van der Waals surface area contributed by atoms with Gasteiger partial charge in [0.1, 0.15) is 29.1 Å². The Morgan fingerprint density at radius 3 is 1.39 bits per heavy atom. The van der Waals surface area contributed by atoms with Gasteiger partial charge < -0.3 is 47.6 Å². The van der Waals surface area contributed by atoms with Crippen molar-refractivity contribution in [1.82, 2.24) is 0 Å². The molecule has 7 fully saturated rings. The molecule has 5 aromatic rings. The highest BCUT2D eigenvalue weighted by molar-refractivity contribution is 7.97. The van der Waals surface area contributed by atoms with E-state index in [9.17, 15) is 45.7 Å². The van der Waals surface area contributed by atoms with Crippen LogP contribution in [0.25, 0.3) is 0 Å². The topological polar surface area (TPSA) is 237 Å². The summed E-state index contributed by atoms with van der Waals surface area (Å²) in [7, 11) is -5.87. The van der Waals surface area contributed by atoms with Gasteiger partial charge in [0.05, 0.1) is 51.2 Å². The lowest BCUT2D eigenvalue weighted by atomic mass is 9.50. The second-order valence-electron chi connectivity index (χ2n) is 28.8. The molecule has 0 amide bonds. The number of aromatic hydroxyl groups is 1. The van der Waals surface area contributed by atoms with Gasteiger partial charge in [0.15, 0.2) is 49.9 Å². The Morgan fingerprint density at radius 1 is 0.588 bits per heavy atom. The summed E-state index contributed by atoms with van der Waals surface area (Å²) < 4.78 is 100. The molecule has 3 aliphatic heterocycles. The van der Waals surface area contributed by atoms with Crippen molar-refractivity contribution in [1.29, 1.82) is 0 Å². The van der Waals surface area contributed by atoms with E-state index in [4.69, 9.17) is 38.3 Å². The molecule has 4 saturated carbocycles. The molecule has 17 nitrogen and oxygen atoms in total. The number of phenols is 1. The predicted octanol–water partition coefficient (Wildman–Crippen LogP) is 15.7. The highest BCUT2D eigenvalue weighted by Gasteiger charge is 2.65. The first kappa shape index (κ1) is 77.4. The fourth-order valence-electron chi connectivity index (χ4n) is 12.4. The predicted molar refractivity (Wildman–Crippen MR) is 362 cm³/mol. The molecule has 0 radical (unpaired) electrons. The SMILES string of the molecule is CCC(C)(C)C(=O)OC(C)C(F)(F)S(=O)(=O)[O-].CCC(C)(C)C(=O)OC1C2CC3C(=O)OC1C3O2.CCC(C)(C)C(=O)Oc1ccc(O)cc1.CCC(C)(C)C(=O)Oc1ccc(OCOCC23CC4CC(CC(C4)C2)C3)cc1.c1ccc([S+](c2ccccc2)c2ccccc2)cc1. The zero-order chi connectivity index (χ0) is 71.3. The van der Waals surface area contributed by atoms with E-state index in [0.717, 1.165) is 43.0 Å². The number of benzene rings is 5. The van der Waals surface area contributed by atoms with Crippen LogP contribution in [-0.4, -0.2) is 97.1 Å². The van der Waals surface area contributed by atoms with E-state index in [1.807, 2.05) is 74.4 Å². The number of alkyl halides is 2. The van der Waals surface area contributed by atoms with Crippen LogP contribution < -0.4 is 14.2 Å². The minimum atomic E-state index is -5.86. The monoisotopic (exact) mass is 1380 g/mol. The number of ether oxygens (including phenoxy) is 8. The summed E-state index contributed by atoms with van der Waals surface area (Å²) >= 11 is 0. The summed E-state index contributed by atoms with van der Waals surface area (Å²) in [5.41, 5.74) is -2.05. The van der Waals surface area contributed by atoms with E-state index in [1.165, 1.54) is 79.2 Å². The molecule has 0 aromatic heterocycles. The molecule has 0 spiro atoms. The minimum Gasteiger partial charge on any atom is -0.743 e. The number of carbonyl (C=O) groups is 5. The molecule has 97 heavy (non-hydrogen) atoms. The van der Waals surface area contributed by atoms with E-state index in [1.54, 1.807) is 31.2 Å². The average molecular weight is 1390 g/mol. The Balaban J connectivity index is 0.000000174. The molecule has 1 N–H and O–H groups in total. The molecule has 3 saturated heterocycles. The van der Waals surface area contributed by atoms with Crippen LogP contribution in [0.5, 0.6) is 23.0 Å². The highest BCUT2D eigenvalue weighted by Crippen LogP contribution is 2.60. The molecule has 530 valence electrons. The second kappa shape index (κ2) is 32.8. The average Bonchev–Trinajstić information content (AvgIpc) is 1.66. The number of fused-ring (bicyclic) bond motifs is 1. The van der Waals surface area contributed by atoms with Crippen molar-refractivity contribution in [2.45, 2.75) is 211 Å². The maximum absolute atomic E-state index is 13.0. The van der Waals surface area contributed by atoms with Crippen molar-refractivity contribution in [3.05, 3.63) is 140 Å². The van der Waals surface area contributed by atoms with Crippen molar-refractivity contribution in [3.63, 3.8) is 0 Å². The molecule has 5 aromatic carbocycles. The number of carbonyl (C=O) groups excluding carboxylic acids is 5. The number of halogens is 2. The Kier molecular flexibility index (Phi) is 26.2. The molecule has 7 aliphatic rings. The van der Waals surface area contributed by atoms with Crippen molar-refractivity contribution < 1.29 is 88.7 Å².